The van der Waals surface area contributed by atoms with E-state index in [9.17, 15) is 0 Å². The summed E-state index contributed by atoms with van der Waals surface area (Å²) in [6, 6.07) is 0. The van der Waals surface area contributed by atoms with Crippen LogP contribution in [0.15, 0.2) is 6.33 Å². The van der Waals surface area contributed by atoms with Crippen LogP contribution in [-0.4, -0.2) is 28.7 Å². The van der Waals surface area contributed by atoms with Crippen LogP contribution < -0.4 is 15.2 Å². The second-order valence-electron chi connectivity index (χ2n) is 4.34. The largest absolute Gasteiger partial charge is 0.478 e. The maximum atomic E-state index is 6.01. The first-order chi connectivity index (χ1) is 8.00. The molecule has 0 aliphatic heterocycles. The summed E-state index contributed by atoms with van der Waals surface area (Å²) >= 11 is 0. The van der Waals surface area contributed by atoms with E-state index in [1.807, 2.05) is 27.7 Å². The van der Waals surface area contributed by atoms with E-state index < -0.39 is 0 Å². The monoisotopic (exact) mass is 239 g/mol. The van der Waals surface area contributed by atoms with Crippen molar-refractivity contribution in [3.05, 3.63) is 11.9 Å². The van der Waals surface area contributed by atoms with Crippen LogP contribution >= 0.6 is 0 Å². The van der Waals surface area contributed by atoms with Gasteiger partial charge < -0.3 is 15.2 Å². The van der Waals surface area contributed by atoms with Gasteiger partial charge in [-0.2, -0.15) is 0 Å². The predicted octanol–water partition coefficient (Wildman–Crippen LogP) is 1.69. The van der Waals surface area contributed by atoms with Crippen LogP contribution in [0, 0.1) is 6.92 Å². The molecule has 0 aliphatic rings. The minimum Gasteiger partial charge on any atom is -0.478 e. The lowest BCUT2D eigenvalue weighted by Crippen LogP contribution is -2.41. The summed E-state index contributed by atoms with van der Waals surface area (Å²) in [4.78, 5) is 8.14. The Morgan fingerprint density at radius 1 is 1.24 bits per heavy atom. The first-order valence-electron chi connectivity index (χ1n) is 5.86. The van der Waals surface area contributed by atoms with Gasteiger partial charge in [0, 0.05) is 5.54 Å². The lowest BCUT2D eigenvalue weighted by molar-refractivity contribution is 0.214. The highest BCUT2D eigenvalue weighted by molar-refractivity contribution is 5.32. The molecule has 1 atom stereocenters. The SMILES string of the molecule is CCOc1ncnc(OCC(C)(N)CC)c1C. The van der Waals surface area contributed by atoms with Crippen LogP contribution in [0.5, 0.6) is 11.8 Å². The normalized spacial score (nSPS) is 14.2. The fraction of sp³-hybridized carbons (Fsp3) is 0.667. The summed E-state index contributed by atoms with van der Waals surface area (Å²) in [5, 5.41) is 0. The van der Waals surface area contributed by atoms with Crippen LogP contribution in [0.2, 0.25) is 0 Å². The first-order valence-corrected chi connectivity index (χ1v) is 5.86. The van der Waals surface area contributed by atoms with Crippen molar-refractivity contribution in [2.75, 3.05) is 13.2 Å². The van der Waals surface area contributed by atoms with Crippen LogP contribution in [0.4, 0.5) is 0 Å². The molecule has 1 aromatic rings. The number of aromatic nitrogens is 2. The van der Waals surface area contributed by atoms with Gasteiger partial charge in [0.1, 0.15) is 12.9 Å². The molecule has 0 saturated heterocycles. The number of nitrogens with two attached hydrogens (primary N) is 1. The third-order valence-corrected chi connectivity index (χ3v) is 2.62. The van der Waals surface area contributed by atoms with E-state index >= 15 is 0 Å². The maximum absolute atomic E-state index is 6.01. The maximum Gasteiger partial charge on any atom is 0.223 e. The molecule has 1 rings (SSSR count). The molecule has 1 aromatic heterocycles. The smallest absolute Gasteiger partial charge is 0.223 e. The van der Waals surface area contributed by atoms with Crippen LogP contribution in [-0.2, 0) is 0 Å². The Bertz CT molecular complexity index is 367. The van der Waals surface area contributed by atoms with Crippen molar-refractivity contribution < 1.29 is 9.47 Å². The zero-order chi connectivity index (χ0) is 12.9. The Morgan fingerprint density at radius 3 is 2.35 bits per heavy atom. The molecule has 0 fully saturated rings. The van der Waals surface area contributed by atoms with Gasteiger partial charge >= 0.3 is 0 Å². The number of hydrogen-bond acceptors (Lipinski definition) is 5. The van der Waals surface area contributed by atoms with Gasteiger partial charge in [-0.05, 0) is 27.2 Å². The summed E-state index contributed by atoms with van der Waals surface area (Å²) in [6.07, 6.45) is 2.28. The predicted molar refractivity (Wildman–Crippen MR) is 66.3 cm³/mol. The molecule has 0 radical (unpaired) electrons. The van der Waals surface area contributed by atoms with E-state index in [1.54, 1.807) is 0 Å². The van der Waals surface area contributed by atoms with Gasteiger partial charge in [-0.3, -0.25) is 0 Å². The molecule has 1 unspecified atom stereocenters. The standard InChI is InChI=1S/C12H21N3O2/c1-5-12(4,13)7-17-11-9(3)10(16-6-2)14-8-15-11/h8H,5-7,13H2,1-4H3. The van der Waals surface area contributed by atoms with Gasteiger partial charge in [0.25, 0.3) is 0 Å². The molecule has 0 aromatic carbocycles. The van der Waals surface area contributed by atoms with Crippen molar-refractivity contribution >= 4 is 0 Å². The van der Waals surface area contributed by atoms with Gasteiger partial charge in [-0.1, -0.05) is 6.92 Å². The molecule has 0 bridgehead atoms. The Balaban J connectivity index is 2.75. The van der Waals surface area contributed by atoms with Crippen molar-refractivity contribution in [2.45, 2.75) is 39.7 Å². The number of rotatable bonds is 6. The van der Waals surface area contributed by atoms with E-state index in [1.165, 1.54) is 6.33 Å². The van der Waals surface area contributed by atoms with Gasteiger partial charge in [0.2, 0.25) is 11.8 Å². The summed E-state index contributed by atoms with van der Waals surface area (Å²) in [5.41, 5.74) is 6.47. The van der Waals surface area contributed by atoms with Crippen molar-refractivity contribution in [3.8, 4) is 11.8 Å². The molecular formula is C12H21N3O2. The van der Waals surface area contributed by atoms with E-state index in [2.05, 4.69) is 9.97 Å². The van der Waals surface area contributed by atoms with Gasteiger partial charge in [-0.15, -0.1) is 0 Å². The Hall–Kier alpha value is -1.36. The summed E-state index contributed by atoms with van der Waals surface area (Å²) in [7, 11) is 0. The molecule has 5 heteroatoms. The zero-order valence-corrected chi connectivity index (χ0v) is 11.0. The Kier molecular flexibility index (Phi) is 4.69. The molecule has 0 amide bonds. The molecule has 0 spiro atoms. The van der Waals surface area contributed by atoms with Crippen LogP contribution in [0.1, 0.15) is 32.8 Å². The zero-order valence-electron chi connectivity index (χ0n) is 11.0. The molecule has 0 aliphatic carbocycles. The van der Waals surface area contributed by atoms with E-state index in [0.29, 0.717) is 25.0 Å². The molecule has 5 nitrogen and oxygen atoms in total. The van der Waals surface area contributed by atoms with Gasteiger partial charge in [-0.25, -0.2) is 9.97 Å². The van der Waals surface area contributed by atoms with E-state index in [4.69, 9.17) is 15.2 Å². The topological polar surface area (TPSA) is 70.3 Å². The van der Waals surface area contributed by atoms with E-state index in [0.717, 1.165) is 12.0 Å². The van der Waals surface area contributed by atoms with Crippen molar-refractivity contribution in [1.29, 1.82) is 0 Å². The minimum atomic E-state index is -0.344. The summed E-state index contributed by atoms with van der Waals surface area (Å²) in [6.45, 7) is 8.76. The van der Waals surface area contributed by atoms with Crippen LogP contribution in [0.25, 0.3) is 0 Å². The average Bonchev–Trinajstić information content (AvgIpc) is 2.31. The number of hydrogen-bond donors (Lipinski definition) is 1. The quantitative estimate of drug-likeness (QED) is 0.818. The molecule has 17 heavy (non-hydrogen) atoms. The van der Waals surface area contributed by atoms with Crippen molar-refractivity contribution in [2.24, 2.45) is 5.73 Å². The average molecular weight is 239 g/mol. The fourth-order valence-corrected chi connectivity index (χ4v) is 1.18. The number of ether oxygens (including phenoxy) is 2. The van der Waals surface area contributed by atoms with Crippen molar-refractivity contribution in [1.82, 2.24) is 9.97 Å². The Morgan fingerprint density at radius 2 is 1.82 bits per heavy atom. The lowest BCUT2D eigenvalue weighted by atomic mass is 10.0. The minimum absolute atomic E-state index is 0.344. The van der Waals surface area contributed by atoms with Gasteiger partial charge in [0.05, 0.1) is 12.2 Å². The van der Waals surface area contributed by atoms with Gasteiger partial charge in [0.15, 0.2) is 0 Å². The van der Waals surface area contributed by atoms with Crippen molar-refractivity contribution in [3.63, 3.8) is 0 Å². The second kappa shape index (κ2) is 5.82. The highest BCUT2D eigenvalue weighted by atomic mass is 16.5. The summed E-state index contributed by atoms with van der Waals surface area (Å²) < 4.78 is 11.0. The third kappa shape index (κ3) is 3.85. The lowest BCUT2D eigenvalue weighted by Gasteiger charge is -2.22. The summed E-state index contributed by atoms with van der Waals surface area (Å²) in [5.74, 6) is 1.10. The van der Waals surface area contributed by atoms with E-state index in [-0.39, 0.29) is 5.54 Å². The molecular weight excluding hydrogens is 218 g/mol. The third-order valence-electron chi connectivity index (χ3n) is 2.62. The molecule has 0 saturated carbocycles. The highest BCUT2D eigenvalue weighted by Gasteiger charge is 2.18. The molecule has 96 valence electrons. The molecule has 1 heterocycles. The molecule has 2 N–H and O–H groups in total. The highest BCUT2D eigenvalue weighted by Crippen LogP contribution is 2.23. The van der Waals surface area contributed by atoms with Crippen LogP contribution in [0.3, 0.4) is 0 Å². The number of nitrogens with zero attached hydrogens (tertiary/aromatic N) is 2. The Labute approximate surface area is 102 Å². The fourth-order valence-electron chi connectivity index (χ4n) is 1.18. The first kappa shape index (κ1) is 13.7. The second-order valence-corrected chi connectivity index (χ2v) is 4.34.